The van der Waals surface area contributed by atoms with Gasteiger partial charge in [-0.2, -0.15) is 0 Å². The molecule has 0 aliphatic carbocycles. The number of nitrogens with zero attached hydrogens (tertiary/aromatic N) is 2. The minimum absolute atomic E-state index is 0.0823. The molecule has 0 bridgehead atoms. The second-order valence-corrected chi connectivity index (χ2v) is 2.92. The van der Waals surface area contributed by atoms with Crippen LogP contribution >= 0.6 is 23.2 Å². The van der Waals surface area contributed by atoms with Gasteiger partial charge in [-0.05, 0) is 18.6 Å². The van der Waals surface area contributed by atoms with Gasteiger partial charge in [0.05, 0.1) is 5.69 Å². The maximum Gasteiger partial charge on any atom is 0.155 e. The number of hydrogen-bond donors (Lipinski definition) is 1. The first-order chi connectivity index (χ1) is 5.52. The average Bonchev–Trinajstić information content (AvgIpc) is 1.82. The quantitative estimate of drug-likeness (QED) is 0.568. The molecule has 1 rings (SSSR count). The van der Waals surface area contributed by atoms with Gasteiger partial charge in [-0.1, -0.05) is 23.2 Å². The molecular weight excluding hydrogens is 203 g/mol. The summed E-state index contributed by atoms with van der Waals surface area (Å²) in [5.74, 6) is 0. The summed E-state index contributed by atoms with van der Waals surface area (Å²) in [6.07, 6.45) is 0. The van der Waals surface area contributed by atoms with Crippen molar-refractivity contribution in [2.75, 3.05) is 5.23 Å². The van der Waals surface area contributed by atoms with E-state index in [2.05, 4.69) is 4.98 Å². The van der Waals surface area contributed by atoms with Crippen molar-refractivity contribution in [3.63, 3.8) is 0 Å². The zero-order chi connectivity index (χ0) is 9.30. The van der Waals surface area contributed by atoms with E-state index in [-0.39, 0.29) is 21.2 Å². The molecule has 0 saturated carbocycles. The zero-order valence-corrected chi connectivity index (χ0v) is 7.60. The van der Waals surface area contributed by atoms with Gasteiger partial charge in [-0.25, -0.2) is 4.98 Å². The van der Waals surface area contributed by atoms with Crippen LogP contribution in [0.25, 0.3) is 0 Å². The van der Waals surface area contributed by atoms with Crippen molar-refractivity contribution < 1.29 is 5.21 Å². The Balaban J connectivity index is 3.28. The van der Waals surface area contributed by atoms with Gasteiger partial charge in [-0.15, -0.1) is 0 Å². The Kier molecular flexibility index (Phi) is 2.74. The number of halogens is 2. The number of anilines is 1. The molecule has 0 unspecified atom stereocenters. The summed E-state index contributed by atoms with van der Waals surface area (Å²) in [7, 11) is 0. The monoisotopic (exact) mass is 207 g/mol. The smallest absolute Gasteiger partial charge is 0.155 e. The lowest BCUT2D eigenvalue weighted by Crippen LogP contribution is -2.10. The molecule has 0 aliphatic rings. The Morgan fingerprint density at radius 1 is 1.58 bits per heavy atom. The zero-order valence-electron chi connectivity index (χ0n) is 6.08. The van der Waals surface area contributed by atoms with E-state index in [4.69, 9.17) is 28.4 Å². The lowest BCUT2D eigenvalue weighted by atomic mass is 10.2. The third-order valence-electron chi connectivity index (χ3n) is 1.30. The number of hydrogen-bond acceptors (Lipinski definition) is 4. The third kappa shape index (κ3) is 1.78. The molecular formula is C6H5Cl2N2O2-. The molecule has 0 spiro atoms. The Hall–Kier alpha value is -0.550. The Labute approximate surface area is 78.9 Å². The van der Waals surface area contributed by atoms with E-state index >= 15 is 0 Å². The topological polar surface area (TPSA) is 59.4 Å². The van der Waals surface area contributed by atoms with E-state index in [0.29, 0.717) is 5.56 Å². The fraction of sp³-hybridized carbons (Fsp3) is 0.167. The van der Waals surface area contributed by atoms with Crippen LogP contribution in [0.1, 0.15) is 5.56 Å². The predicted molar refractivity (Wildman–Crippen MR) is 46.6 cm³/mol. The van der Waals surface area contributed by atoms with Gasteiger partial charge >= 0.3 is 0 Å². The number of rotatable bonds is 1. The third-order valence-corrected chi connectivity index (χ3v) is 1.76. The van der Waals surface area contributed by atoms with Gasteiger partial charge in [0.25, 0.3) is 0 Å². The summed E-state index contributed by atoms with van der Waals surface area (Å²) < 4.78 is 0. The van der Waals surface area contributed by atoms with Crippen LogP contribution in [0.4, 0.5) is 5.69 Å². The number of pyridine rings is 1. The van der Waals surface area contributed by atoms with Crippen LogP contribution in [0, 0.1) is 12.1 Å². The summed E-state index contributed by atoms with van der Waals surface area (Å²) in [5, 5.41) is 18.8. The van der Waals surface area contributed by atoms with Crippen molar-refractivity contribution in [3.05, 3.63) is 27.1 Å². The molecule has 0 fully saturated rings. The summed E-state index contributed by atoms with van der Waals surface area (Å²) in [6, 6.07) is 1.43. The Morgan fingerprint density at radius 3 is 2.58 bits per heavy atom. The van der Waals surface area contributed by atoms with Crippen LogP contribution in [0.5, 0.6) is 0 Å². The molecule has 1 heterocycles. The van der Waals surface area contributed by atoms with E-state index in [0.717, 1.165) is 0 Å². The molecule has 0 atom stereocenters. The second-order valence-electron chi connectivity index (χ2n) is 2.17. The lowest BCUT2D eigenvalue weighted by Gasteiger charge is -2.24. The highest BCUT2D eigenvalue weighted by molar-refractivity contribution is 6.34. The van der Waals surface area contributed by atoms with E-state index in [9.17, 15) is 5.21 Å². The van der Waals surface area contributed by atoms with Crippen molar-refractivity contribution >= 4 is 28.9 Å². The van der Waals surface area contributed by atoms with Crippen LogP contribution in [-0.4, -0.2) is 10.2 Å². The highest BCUT2D eigenvalue weighted by Gasteiger charge is 2.07. The van der Waals surface area contributed by atoms with Gasteiger partial charge in [0.15, 0.2) is 5.15 Å². The first kappa shape index (κ1) is 9.54. The highest BCUT2D eigenvalue weighted by Crippen LogP contribution is 2.28. The van der Waals surface area contributed by atoms with E-state index in [1.54, 1.807) is 6.92 Å². The van der Waals surface area contributed by atoms with Crippen molar-refractivity contribution in [3.8, 4) is 0 Å². The van der Waals surface area contributed by atoms with Crippen LogP contribution in [-0.2, 0) is 0 Å². The number of aromatic nitrogens is 1. The highest BCUT2D eigenvalue weighted by atomic mass is 35.5. The Morgan fingerprint density at radius 2 is 2.17 bits per heavy atom. The fourth-order valence-corrected chi connectivity index (χ4v) is 1.42. The minimum Gasteiger partial charge on any atom is -0.733 e. The van der Waals surface area contributed by atoms with Crippen LogP contribution in [0.15, 0.2) is 6.07 Å². The van der Waals surface area contributed by atoms with Gasteiger partial charge < -0.3 is 10.4 Å². The molecule has 0 aromatic carbocycles. The van der Waals surface area contributed by atoms with E-state index in [1.165, 1.54) is 6.07 Å². The summed E-state index contributed by atoms with van der Waals surface area (Å²) >= 11 is 11.1. The molecule has 0 saturated heterocycles. The van der Waals surface area contributed by atoms with E-state index < -0.39 is 0 Å². The molecule has 12 heavy (non-hydrogen) atoms. The standard InChI is InChI=1S/C6H5Cl2N2O2/c1-3-2-4(7)9-6(8)5(3)10(11)12/h2,11H,1H3/q-1. The largest absolute Gasteiger partial charge is 0.733 e. The van der Waals surface area contributed by atoms with Crippen LogP contribution in [0.3, 0.4) is 0 Å². The molecule has 0 amide bonds. The molecule has 0 aliphatic heterocycles. The molecule has 66 valence electrons. The summed E-state index contributed by atoms with van der Waals surface area (Å²) in [5.41, 5.74) is 0.388. The molecule has 6 heteroatoms. The first-order valence-corrected chi connectivity index (χ1v) is 3.76. The maximum atomic E-state index is 10.5. The molecule has 0 radical (unpaired) electrons. The number of aryl methyl sites for hydroxylation is 1. The van der Waals surface area contributed by atoms with Crippen molar-refractivity contribution in [2.24, 2.45) is 0 Å². The summed E-state index contributed by atoms with van der Waals surface area (Å²) in [6.45, 7) is 1.59. The van der Waals surface area contributed by atoms with Crippen LogP contribution in [0.2, 0.25) is 10.3 Å². The molecule has 4 nitrogen and oxygen atoms in total. The van der Waals surface area contributed by atoms with Gasteiger partial charge in [0.2, 0.25) is 0 Å². The fourth-order valence-electron chi connectivity index (χ4n) is 0.819. The maximum absolute atomic E-state index is 10.5. The normalized spacial score (nSPS) is 10.1. The average molecular weight is 208 g/mol. The van der Waals surface area contributed by atoms with Crippen LogP contribution < -0.4 is 5.23 Å². The van der Waals surface area contributed by atoms with Gasteiger partial charge in [-0.3, -0.25) is 5.21 Å². The molecule has 1 aromatic heterocycles. The van der Waals surface area contributed by atoms with E-state index in [1.807, 2.05) is 0 Å². The summed E-state index contributed by atoms with van der Waals surface area (Å²) in [4.78, 5) is 3.58. The second kappa shape index (κ2) is 3.45. The lowest BCUT2D eigenvalue weighted by molar-refractivity contribution is 0.296. The van der Waals surface area contributed by atoms with Crippen molar-refractivity contribution in [1.82, 2.24) is 4.98 Å². The van der Waals surface area contributed by atoms with Crippen molar-refractivity contribution in [1.29, 1.82) is 0 Å². The molecule has 1 aromatic rings. The van der Waals surface area contributed by atoms with Gasteiger partial charge in [0, 0.05) is 0 Å². The van der Waals surface area contributed by atoms with Crippen molar-refractivity contribution in [2.45, 2.75) is 6.92 Å². The van der Waals surface area contributed by atoms with Gasteiger partial charge in [0.1, 0.15) is 5.15 Å². The predicted octanol–water partition coefficient (Wildman–Crippen LogP) is 2.39. The SMILES string of the molecule is Cc1cc(Cl)nc(Cl)c1N([O-])O. The minimum atomic E-state index is -0.332. The Bertz CT molecular complexity index is 281. The molecule has 1 N–H and O–H groups in total. The first-order valence-electron chi connectivity index (χ1n) is 3.01.